The van der Waals surface area contributed by atoms with Gasteiger partial charge in [0.25, 0.3) is 0 Å². The van der Waals surface area contributed by atoms with Gasteiger partial charge in [-0.2, -0.15) is 5.10 Å². The van der Waals surface area contributed by atoms with Crippen molar-refractivity contribution in [2.75, 3.05) is 0 Å². The van der Waals surface area contributed by atoms with Gasteiger partial charge in [-0.25, -0.2) is 4.79 Å². The molecule has 2 bridgehead atoms. The molecule has 0 N–H and O–H groups in total. The molecular formula is C21H27N3O2. The molecule has 2 atom stereocenters. The lowest BCUT2D eigenvalue weighted by molar-refractivity contribution is 0.0000858. The van der Waals surface area contributed by atoms with Crippen molar-refractivity contribution in [2.45, 2.75) is 64.1 Å². The monoisotopic (exact) mass is 353 g/mol. The summed E-state index contributed by atoms with van der Waals surface area (Å²) in [5, 5.41) is 5.49. The summed E-state index contributed by atoms with van der Waals surface area (Å²) in [4.78, 5) is 14.7. The largest absolute Gasteiger partial charge is 0.444 e. The van der Waals surface area contributed by atoms with Gasteiger partial charge in [-0.1, -0.05) is 18.2 Å². The number of hydrogen-bond donors (Lipinski definition) is 0. The fraction of sp³-hybridized carbons (Fsp3) is 0.524. The van der Waals surface area contributed by atoms with Crippen LogP contribution in [-0.2, 0) is 11.8 Å². The molecule has 1 amide bonds. The smallest absolute Gasteiger partial charge is 0.411 e. The van der Waals surface area contributed by atoms with Crippen LogP contribution in [0.5, 0.6) is 0 Å². The second kappa shape index (κ2) is 6.15. The minimum absolute atomic E-state index is 0.134. The molecule has 2 aliphatic rings. The Morgan fingerprint density at radius 3 is 2.81 bits per heavy atom. The first-order chi connectivity index (χ1) is 12.3. The van der Waals surface area contributed by atoms with E-state index in [1.54, 1.807) is 0 Å². The molecule has 0 saturated carbocycles. The number of aryl methyl sites for hydroxylation is 1. The van der Waals surface area contributed by atoms with E-state index in [1.807, 2.05) is 43.6 Å². The Morgan fingerprint density at radius 1 is 1.27 bits per heavy atom. The van der Waals surface area contributed by atoms with Crippen molar-refractivity contribution in [3.8, 4) is 0 Å². The third kappa shape index (κ3) is 3.11. The lowest BCUT2D eigenvalue weighted by atomic mass is 9.83. The molecule has 4 rings (SSSR count). The van der Waals surface area contributed by atoms with Gasteiger partial charge in [0.15, 0.2) is 0 Å². The lowest BCUT2D eigenvalue weighted by Crippen LogP contribution is -2.53. The molecular weight excluding hydrogens is 326 g/mol. The van der Waals surface area contributed by atoms with Gasteiger partial charge >= 0.3 is 6.09 Å². The summed E-state index contributed by atoms with van der Waals surface area (Å²) < 4.78 is 7.58. The first kappa shape index (κ1) is 17.1. The van der Waals surface area contributed by atoms with Crippen LogP contribution in [0.4, 0.5) is 4.79 Å². The number of benzene rings is 1. The Kier molecular flexibility index (Phi) is 4.05. The zero-order chi connectivity index (χ0) is 18.5. The van der Waals surface area contributed by atoms with Crippen LogP contribution in [-0.4, -0.2) is 38.5 Å². The molecule has 1 aromatic heterocycles. The van der Waals surface area contributed by atoms with Gasteiger partial charge in [0.2, 0.25) is 0 Å². The SMILES string of the molecule is Cn1ncc2ccc(C3=CC4CCCC(C3)N4C(=O)OC(C)(C)C)cc21. The molecule has 0 aliphatic carbocycles. The average molecular weight is 353 g/mol. The van der Waals surface area contributed by atoms with Crippen molar-refractivity contribution < 1.29 is 9.53 Å². The van der Waals surface area contributed by atoms with Gasteiger partial charge in [0.05, 0.1) is 17.8 Å². The molecule has 2 aliphatic heterocycles. The Hall–Kier alpha value is -2.30. The van der Waals surface area contributed by atoms with E-state index in [0.29, 0.717) is 0 Å². The Bertz CT molecular complexity index is 875. The minimum atomic E-state index is -0.458. The maximum absolute atomic E-state index is 12.7. The van der Waals surface area contributed by atoms with Crippen LogP contribution >= 0.6 is 0 Å². The maximum atomic E-state index is 12.7. The molecule has 1 fully saturated rings. The number of carbonyl (C=O) groups excluding carboxylic acids is 1. The maximum Gasteiger partial charge on any atom is 0.411 e. The number of carbonyl (C=O) groups is 1. The van der Waals surface area contributed by atoms with E-state index in [0.717, 1.165) is 30.2 Å². The van der Waals surface area contributed by atoms with Crippen LogP contribution in [0.25, 0.3) is 16.5 Å². The van der Waals surface area contributed by atoms with Gasteiger partial charge in [-0.05, 0) is 63.7 Å². The highest BCUT2D eigenvalue weighted by Gasteiger charge is 2.39. The van der Waals surface area contributed by atoms with Crippen LogP contribution < -0.4 is 0 Å². The molecule has 1 saturated heterocycles. The van der Waals surface area contributed by atoms with Gasteiger partial charge in [-0.3, -0.25) is 9.58 Å². The van der Waals surface area contributed by atoms with Crippen LogP contribution in [0.2, 0.25) is 0 Å². The van der Waals surface area contributed by atoms with Gasteiger partial charge in [0.1, 0.15) is 5.60 Å². The number of ether oxygens (including phenoxy) is 1. The van der Waals surface area contributed by atoms with Gasteiger partial charge < -0.3 is 4.74 Å². The van der Waals surface area contributed by atoms with E-state index in [9.17, 15) is 4.79 Å². The van der Waals surface area contributed by atoms with Crippen molar-refractivity contribution in [1.82, 2.24) is 14.7 Å². The number of nitrogens with zero attached hydrogens (tertiary/aromatic N) is 3. The average Bonchev–Trinajstić information content (AvgIpc) is 2.92. The van der Waals surface area contributed by atoms with Crippen molar-refractivity contribution >= 4 is 22.6 Å². The number of rotatable bonds is 1. The predicted molar refractivity (Wildman–Crippen MR) is 103 cm³/mol. The Morgan fingerprint density at radius 2 is 2.08 bits per heavy atom. The van der Waals surface area contributed by atoms with Crippen LogP contribution in [0.3, 0.4) is 0 Å². The molecule has 0 spiro atoms. The van der Waals surface area contributed by atoms with E-state index in [4.69, 9.17) is 4.74 Å². The molecule has 2 unspecified atom stereocenters. The first-order valence-corrected chi connectivity index (χ1v) is 9.46. The zero-order valence-electron chi connectivity index (χ0n) is 16.0. The number of amides is 1. The summed E-state index contributed by atoms with van der Waals surface area (Å²) in [6, 6.07) is 6.89. The van der Waals surface area contributed by atoms with Crippen LogP contribution in [0, 0.1) is 0 Å². The van der Waals surface area contributed by atoms with Crippen molar-refractivity contribution in [2.24, 2.45) is 7.05 Å². The second-order valence-corrected chi connectivity index (χ2v) is 8.48. The quantitative estimate of drug-likeness (QED) is 0.757. The fourth-order valence-electron chi connectivity index (χ4n) is 4.19. The lowest BCUT2D eigenvalue weighted by Gasteiger charge is -2.45. The topological polar surface area (TPSA) is 47.4 Å². The molecule has 138 valence electrons. The number of fused-ring (bicyclic) bond motifs is 3. The zero-order valence-corrected chi connectivity index (χ0v) is 16.0. The van der Waals surface area contributed by atoms with Crippen molar-refractivity contribution in [3.05, 3.63) is 36.0 Å². The summed E-state index contributed by atoms with van der Waals surface area (Å²) in [5.41, 5.74) is 3.26. The summed E-state index contributed by atoms with van der Waals surface area (Å²) in [7, 11) is 1.97. The van der Waals surface area contributed by atoms with E-state index in [-0.39, 0.29) is 18.2 Å². The van der Waals surface area contributed by atoms with E-state index in [1.165, 1.54) is 17.6 Å². The van der Waals surface area contributed by atoms with Crippen LogP contribution in [0.15, 0.2) is 30.5 Å². The Balaban J connectivity index is 1.65. The fourth-order valence-corrected chi connectivity index (χ4v) is 4.19. The highest BCUT2D eigenvalue weighted by Crippen LogP contribution is 2.38. The van der Waals surface area contributed by atoms with Gasteiger partial charge in [-0.15, -0.1) is 0 Å². The highest BCUT2D eigenvalue weighted by molar-refractivity contribution is 5.84. The standard InChI is InChI=1S/C21H27N3O2/c1-21(2,3)26-20(25)24-17-6-5-7-18(24)11-16(10-17)14-8-9-15-13-22-23(4)19(15)12-14/h8-10,12-13,17-18H,5-7,11H2,1-4H3. The number of piperidine rings is 1. The summed E-state index contributed by atoms with van der Waals surface area (Å²) in [5.74, 6) is 0. The summed E-state index contributed by atoms with van der Waals surface area (Å²) in [6.07, 6.45) is 8.10. The van der Waals surface area contributed by atoms with Crippen molar-refractivity contribution in [3.63, 3.8) is 0 Å². The Labute approximate surface area is 154 Å². The molecule has 0 radical (unpaired) electrons. The van der Waals surface area contributed by atoms with E-state index in [2.05, 4.69) is 29.4 Å². The minimum Gasteiger partial charge on any atom is -0.444 e. The number of aromatic nitrogens is 2. The van der Waals surface area contributed by atoms with Crippen LogP contribution in [0.1, 0.15) is 52.0 Å². The first-order valence-electron chi connectivity index (χ1n) is 9.46. The van der Waals surface area contributed by atoms with E-state index < -0.39 is 5.60 Å². The molecule has 1 aromatic carbocycles. The number of hydrogen-bond acceptors (Lipinski definition) is 3. The molecule has 26 heavy (non-hydrogen) atoms. The highest BCUT2D eigenvalue weighted by atomic mass is 16.6. The van der Waals surface area contributed by atoms with Crippen molar-refractivity contribution in [1.29, 1.82) is 0 Å². The predicted octanol–water partition coefficient (Wildman–Crippen LogP) is 4.52. The third-order valence-electron chi connectivity index (χ3n) is 5.36. The third-order valence-corrected chi connectivity index (χ3v) is 5.36. The van der Waals surface area contributed by atoms with Gasteiger partial charge in [0, 0.05) is 18.5 Å². The molecule has 2 aromatic rings. The second-order valence-electron chi connectivity index (χ2n) is 8.48. The molecule has 5 heteroatoms. The molecule has 5 nitrogen and oxygen atoms in total. The molecule has 3 heterocycles. The normalized spacial score (nSPS) is 23.1. The van der Waals surface area contributed by atoms with E-state index >= 15 is 0 Å². The summed E-state index contributed by atoms with van der Waals surface area (Å²) >= 11 is 0. The summed E-state index contributed by atoms with van der Waals surface area (Å²) in [6.45, 7) is 5.78.